The van der Waals surface area contributed by atoms with Gasteiger partial charge in [-0.25, -0.2) is 0 Å². The highest BCUT2D eigenvalue weighted by Crippen LogP contribution is 2.47. The van der Waals surface area contributed by atoms with E-state index in [1.54, 1.807) is 0 Å². The Morgan fingerprint density at radius 2 is 0.719 bits per heavy atom. The molecule has 0 aliphatic heterocycles. The molecule has 13 aromatic rings. The molecule has 0 radical (unpaired) electrons. The molecule has 1 nitrogen and oxygen atoms in total. The lowest BCUT2D eigenvalue weighted by Crippen LogP contribution is -1.91. The number of para-hydroxylation sites is 1. The van der Waals surface area contributed by atoms with Crippen LogP contribution in [0.2, 0.25) is 0 Å². The molecule has 13 rings (SSSR count). The number of fused-ring (bicyclic) bond motifs is 3. The smallest absolute Gasteiger partial charge is 0.143 e. The zero-order valence-electron chi connectivity index (χ0n) is 33.7. The standard InChI is InChI=1S/C56H32O/c1-2-8-33(9-3-1)46-29-28-45(55-49-14-4-5-15-50(49)57-56(46)55)42-31-40(43-24-20-38-18-16-34-10-6-12-36-22-26-47(43)53(38)51(34)36)30-41(32-42)44-25-21-39-19-17-35-11-7-13-37-23-27-48(44)54(39)52(35)37/h1-32H/i30D,31D,32D. The second kappa shape index (κ2) is 11.5. The third kappa shape index (κ3) is 4.40. The van der Waals surface area contributed by atoms with E-state index in [2.05, 4.69) is 140 Å². The lowest BCUT2D eigenvalue weighted by Gasteiger charge is -2.18. The van der Waals surface area contributed by atoms with Gasteiger partial charge in [0.25, 0.3) is 0 Å². The fourth-order valence-electron chi connectivity index (χ4n) is 9.66. The molecule has 0 aliphatic rings. The Labute approximate surface area is 332 Å². The van der Waals surface area contributed by atoms with Gasteiger partial charge in [0, 0.05) is 16.3 Å². The van der Waals surface area contributed by atoms with Crippen molar-refractivity contribution >= 4 is 86.6 Å². The summed E-state index contributed by atoms with van der Waals surface area (Å²) in [6.07, 6.45) is 0. The summed E-state index contributed by atoms with van der Waals surface area (Å²) in [5.74, 6) is 0. The van der Waals surface area contributed by atoms with Crippen molar-refractivity contribution in [2.45, 2.75) is 0 Å². The average molecular weight is 724 g/mol. The Morgan fingerprint density at radius 1 is 0.281 bits per heavy atom. The molecule has 0 bridgehead atoms. The van der Waals surface area contributed by atoms with E-state index in [1.165, 1.54) is 10.8 Å². The Morgan fingerprint density at radius 3 is 1.30 bits per heavy atom. The van der Waals surface area contributed by atoms with Crippen LogP contribution in [0.3, 0.4) is 0 Å². The summed E-state index contributed by atoms with van der Waals surface area (Å²) in [6.45, 7) is 0. The fraction of sp³-hybridized carbons (Fsp3) is 0. The van der Waals surface area contributed by atoms with Crippen LogP contribution < -0.4 is 0 Å². The number of rotatable bonds is 4. The van der Waals surface area contributed by atoms with Crippen LogP contribution >= 0.6 is 0 Å². The topological polar surface area (TPSA) is 13.1 Å². The molecule has 1 aromatic heterocycles. The summed E-state index contributed by atoms with van der Waals surface area (Å²) in [5.41, 5.74) is 7.27. The van der Waals surface area contributed by atoms with E-state index in [0.717, 1.165) is 98.0 Å². The average Bonchev–Trinajstić information content (AvgIpc) is 3.68. The Bertz CT molecular complexity index is 3710. The highest BCUT2D eigenvalue weighted by Gasteiger charge is 2.21. The highest BCUT2D eigenvalue weighted by molar-refractivity contribution is 6.27. The van der Waals surface area contributed by atoms with Gasteiger partial charge in [-0.15, -0.1) is 0 Å². The molecule has 57 heavy (non-hydrogen) atoms. The maximum atomic E-state index is 10.3. The van der Waals surface area contributed by atoms with Crippen LogP contribution in [-0.2, 0) is 0 Å². The predicted octanol–water partition coefficient (Wildman–Crippen LogP) is 16.0. The van der Waals surface area contributed by atoms with Gasteiger partial charge in [-0.2, -0.15) is 0 Å². The zero-order valence-corrected chi connectivity index (χ0v) is 30.7. The van der Waals surface area contributed by atoms with Crippen LogP contribution in [0.25, 0.3) is 131 Å². The zero-order chi connectivity index (χ0) is 39.8. The molecule has 0 spiro atoms. The lowest BCUT2D eigenvalue weighted by atomic mass is 9.85. The molecule has 1 heterocycles. The third-order valence-corrected chi connectivity index (χ3v) is 12.2. The summed E-state index contributed by atoms with van der Waals surface area (Å²) in [5, 5.41) is 15.2. The van der Waals surface area contributed by atoms with Crippen molar-refractivity contribution in [3.8, 4) is 44.5 Å². The molecule has 0 saturated heterocycles. The first-order chi connectivity index (χ1) is 29.5. The molecule has 262 valence electrons. The van der Waals surface area contributed by atoms with Crippen molar-refractivity contribution in [1.29, 1.82) is 0 Å². The van der Waals surface area contributed by atoms with Gasteiger partial charge in [-0.3, -0.25) is 0 Å². The Kier molecular flexibility index (Phi) is 5.66. The quantitative estimate of drug-likeness (QED) is 0.165. The van der Waals surface area contributed by atoms with Crippen molar-refractivity contribution < 1.29 is 8.53 Å². The van der Waals surface area contributed by atoms with Gasteiger partial charge in [0.05, 0.1) is 4.11 Å². The first-order valence-corrected chi connectivity index (χ1v) is 19.5. The predicted molar refractivity (Wildman–Crippen MR) is 243 cm³/mol. The van der Waals surface area contributed by atoms with Crippen molar-refractivity contribution in [2.24, 2.45) is 0 Å². The second-order valence-corrected chi connectivity index (χ2v) is 15.3. The van der Waals surface area contributed by atoms with Gasteiger partial charge in [-0.05, 0) is 134 Å². The minimum Gasteiger partial charge on any atom is -0.455 e. The number of furan rings is 1. The Balaban J connectivity index is 1.20. The normalized spacial score (nSPS) is 12.9. The van der Waals surface area contributed by atoms with Crippen LogP contribution in [0, 0.1) is 0 Å². The van der Waals surface area contributed by atoms with E-state index >= 15 is 0 Å². The van der Waals surface area contributed by atoms with Crippen LogP contribution in [-0.4, -0.2) is 0 Å². The summed E-state index contributed by atoms with van der Waals surface area (Å²) in [4.78, 5) is 0. The minimum atomic E-state index is 0.153. The largest absolute Gasteiger partial charge is 0.455 e. The molecule has 0 atom stereocenters. The number of hydrogen-bond donors (Lipinski definition) is 0. The summed E-state index contributed by atoms with van der Waals surface area (Å²) in [7, 11) is 0. The molecule has 1 heteroatoms. The van der Waals surface area contributed by atoms with Gasteiger partial charge in [-0.1, -0.05) is 164 Å². The van der Waals surface area contributed by atoms with Crippen molar-refractivity contribution in [3.05, 3.63) is 194 Å². The summed E-state index contributed by atoms with van der Waals surface area (Å²) < 4.78 is 37.6. The van der Waals surface area contributed by atoms with E-state index in [0.29, 0.717) is 22.3 Å². The fourth-order valence-corrected chi connectivity index (χ4v) is 9.66. The third-order valence-electron chi connectivity index (χ3n) is 12.2. The highest BCUT2D eigenvalue weighted by atomic mass is 16.3. The van der Waals surface area contributed by atoms with Crippen LogP contribution in [0.15, 0.2) is 198 Å². The molecule has 0 saturated carbocycles. The molecular formula is C56H32O. The van der Waals surface area contributed by atoms with Gasteiger partial charge in [0.1, 0.15) is 11.2 Å². The molecule has 12 aromatic carbocycles. The molecule has 0 unspecified atom stereocenters. The van der Waals surface area contributed by atoms with E-state index < -0.39 is 0 Å². The van der Waals surface area contributed by atoms with E-state index in [9.17, 15) is 4.11 Å². The summed E-state index contributed by atoms with van der Waals surface area (Å²) in [6, 6.07) is 61.4. The van der Waals surface area contributed by atoms with Crippen LogP contribution in [0.5, 0.6) is 0 Å². The monoisotopic (exact) mass is 723 g/mol. The summed E-state index contributed by atoms with van der Waals surface area (Å²) >= 11 is 0. The molecular weight excluding hydrogens is 689 g/mol. The minimum absolute atomic E-state index is 0.153. The SMILES string of the molecule is [2H]c1c(-c2ccc3ccc4cccc5ccc2c3c45)c([2H])c(-c2ccc(-c3ccccc3)c3oc4ccccc4c23)c([2H])c1-c1ccc2ccc3cccc4ccc1c2c34. The van der Waals surface area contributed by atoms with E-state index in [4.69, 9.17) is 4.42 Å². The maximum absolute atomic E-state index is 10.3. The molecule has 0 aliphatic carbocycles. The number of benzene rings is 12. The van der Waals surface area contributed by atoms with Gasteiger partial charge in [0.15, 0.2) is 0 Å². The van der Waals surface area contributed by atoms with Crippen LogP contribution in [0.4, 0.5) is 0 Å². The second-order valence-electron chi connectivity index (χ2n) is 15.3. The maximum Gasteiger partial charge on any atom is 0.143 e. The van der Waals surface area contributed by atoms with Gasteiger partial charge >= 0.3 is 0 Å². The van der Waals surface area contributed by atoms with Gasteiger partial charge < -0.3 is 4.42 Å². The van der Waals surface area contributed by atoms with E-state index in [1.807, 2.05) is 36.4 Å². The van der Waals surface area contributed by atoms with Crippen molar-refractivity contribution in [3.63, 3.8) is 0 Å². The van der Waals surface area contributed by atoms with Crippen molar-refractivity contribution in [2.75, 3.05) is 0 Å². The lowest BCUT2D eigenvalue weighted by molar-refractivity contribution is 0.670. The van der Waals surface area contributed by atoms with E-state index in [-0.39, 0.29) is 18.1 Å². The first-order valence-electron chi connectivity index (χ1n) is 21.0. The van der Waals surface area contributed by atoms with Crippen molar-refractivity contribution in [1.82, 2.24) is 0 Å². The molecule has 0 fully saturated rings. The number of hydrogen-bond acceptors (Lipinski definition) is 1. The Hall–Kier alpha value is -7.48. The molecule has 0 amide bonds. The molecule has 0 N–H and O–H groups in total. The first kappa shape index (κ1) is 28.0. The van der Waals surface area contributed by atoms with Gasteiger partial charge in [0.2, 0.25) is 0 Å². The van der Waals surface area contributed by atoms with Crippen LogP contribution in [0.1, 0.15) is 4.11 Å².